The maximum absolute atomic E-state index is 9.90. The van der Waals surface area contributed by atoms with E-state index in [0.29, 0.717) is 12.8 Å². The average molecular weight is 288 g/mol. The molecule has 0 spiro atoms. The molecule has 0 aromatic carbocycles. The molecule has 0 atom stereocenters. The Hall–Kier alpha value is -1.14. The lowest BCUT2D eigenvalue weighted by Gasteiger charge is -2.26. The van der Waals surface area contributed by atoms with Crippen LogP contribution < -0.4 is 11.5 Å². The summed E-state index contributed by atoms with van der Waals surface area (Å²) in [6.45, 7) is 1.74. The molecule has 20 heavy (non-hydrogen) atoms. The van der Waals surface area contributed by atoms with Gasteiger partial charge < -0.3 is 21.7 Å². The maximum Gasteiger partial charge on any atom is 0.303 e. The summed E-state index contributed by atoms with van der Waals surface area (Å²) in [5.74, 6) is -0.152. The van der Waals surface area contributed by atoms with E-state index in [0.717, 1.165) is 24.9 Å². The van der Waals surface area contributed by atoms with Gasteiger partial charge in [0.2, 0.25) is 0 Å². The van der Waals surface area contributed by atoms with Crippen molar-refractivity contribution in [2.24, 2.45) is 23.3 Å². The molecule has 1 fully saturated rings. The second kappa shape index (κ2) is 11.7. The van der Waals surface area contributed by atoms with Crippen molar-refractivity contribution in [1.82, 2.24) is 0 Å². The van der Waals surface area contributed by atoms with E-state index in [4.69, 9.17) is 21.7 Å². The molecule has 0 radical (unpaired) electrons. The van der Waals surface area contributed by atoms with E-state index >= 15 is 0 Å². The second-order valence-electron chi connectivity index (χ2n) is 5.35. The van der Waals surface area contributed by atoms with Crippen LogP contribution in [0.2, 0.25) is 0 Å². The van der Waals surface area contributed by atoms with Gasteiger partial charge in [-0.2, -0.15) is 0 Å². The zero-order valence-electron chi connectivity index (χ0n) is 12.1. The molecule has 6 heteroatoms. The van der Waals surface area contributed by atoms with E-state index in [1.807, 2.05) is 0 Å². The molecule has 0 aromatic heterocycles. The first-order valence-electron chi connectivity index (χ1n) is 7.33. The standard InChI is InChI=1S/C8H18N2.C6H10O4/c9-5-7-1-2-8(6-10)4-3-7;7-5(8)3-1-2-4-6(9)10/h7-8H,1-6,9-10H2;1-4H2,(H,7,8)(H,9,10). The highest BCUT2D eigenvalue weighted by molar-refractivity contribution is 5.67. The number of carbonyl (C=O) groups is 2. The smallest absolute Gasteiger partial charge is 0.303 e. The van der Waals surface area contributed by atoms with Crippen LogP contribution in [-0.4, -0.2) is 35.2 Å². The molecule has 0 heterocycles. The number of carboxylic acid groups (broad SMARTS) is 2. The Kier molecular flexibility index (Phi) is 11.0. The fourth-order valence-electron chi connectivity index (χ4n) is 2.26. The van der Waals surface area contributed by atoms with Crippen LogP contribution in [0.1, 0.15) is 51.4 Å². The van der Waals surface area contributed by atoms with E-state index in [9.17, 15) is 9.59 Å². The molecule has 6 N–H and O–H groups in total. The number of aliphatic carboxylic acids is 2. The summed E-state index contributed by atoms with van der Waals surface area (Å²) in [5, 5.41) is 16.3. The van der Waals surface area contributed by atoms with Crippen LogP contribution in [0.4, 0.5) is 0 Å². The van der Waals surface area contributed by atoms with Crippen LogP contribution in [-0.2, 0) is 9.59 Å². The SMILES string of the molecule is NCC1CCC(CN)CC1.O=C(O)CCCCC(=O)O. The van der Waals surface area contributed by atoms with E-state index in [-0.39, 0.29) is 12.8 Å². The quantitative estimate of drug-likeness (QED) is 0.525. The average Bonchev–Trinajstić information content (AvgIpc) is 2.44. The van der Waals surface area contributed by atoms with Gasteiger partial charge in [0.25, 0.3) is 0 Å². The van der Waals surface area contributed by atoms with Gasteiger partial charge in [-0.1, -0.05) is 0 Å². The van der Waals surface area contributed by atoms with Crippen LogP contribution in [0, 0.1) is 11.8 Å². The number of hydrogen-bond donors (Lipinski definition) is 4. The predicted molar refractivity (Wildman–Crippen MR) is 77.3 cm³/mol. The molecule has 0 aliphatic heterocycles. The maximum atomic E-state index is 9.90. The van der Waals surface area contributed by atoms with Crippen LogP contribution in [0.5, 0.6) is 0 Å². The van der Waals surface area contributed by atoms with Gasteiger partial charge in [-0.05, 0) is 63.5 Å². The summed E-state index contributed by atoms with van der Waals surface area (Å²) >= 11 is 0. The molecule has 1 aliphatic rings. The minimum absolute atomic E-state index is 0.0628. The summed E-state index contributed by atoms with van der Waals surface area (Å²) in [4.78, 5) is 19.8. The number of nitrogens with two attached hydrogens (primary N) is 2. The lowest BCUT2D eigenvalue weighted by atomic mass is 9.82. The van der Waals surface area contributed by atoms with E-state index in [1.165, 1.54) is 25.7 Å². The van der Waals surface area contributed by atoms with Crippen LogP contribution in [0.25, 0.3) is 0 Å². The topological polar surface area (TPSA) is 127 Å². The fraction of sp³-hybridized carbons (Fsp3) is 0.857. The van der Waals surface area contributed by atoms with E-state index in [1.54, 1.807) is 0 Å². The monoisotopic (exact) mass is 288 g/mol. The third-order valence-corrected chi connectivity index (χ3v) is 3.66. The summed E-state index contributed by atoms with van der Waals surface area (Å²) in [6.07, 6.45) is 6.23. The molecular formula is C14H28N2O4. The minimum Gasteiger partial charge on any atom is -0.481 e. The van der Waals surface area contributed by atoms with Gasteiger partial charge >= 0.3 is 11.9 Å². The van der Waals surface area contributed by atoms with Crippen molar-refractivity contribution >= 4 is 11.9 Å². The number of carboxylic acids is 2. The Morgan fingerprint density at radius 1 is 0.800 bits per heavy atom. The van der Waals surface area contributed by atoms with Crippen molar-refractivity contribution in [3.05, 3.63) is 0 Å². The first-order chi connectivity index (χ1) is 9.49. The normalized spacial score (nSPS) is 21.7. The lowest BCUT2D eigenvalue weighted by Crippen LogP contribution is -2.25. The Morgan fingerprint density at radius 2 is 1.10 bits per heavy atom. The van der Waals surface area contributed by atoms with Gasteiger partial charge in [-0.15, -0.1) is 0 Å². The summed E-state index contributed by atoms with van der Waals surface area (Å²) in [6, 6.07) is 0. The Bertz CT molecular complexity index is 248. The van der Waals surface area contributed by atoms with E-state index < -0.39 is 11.9 Å². The molecule has 0 saturated heterocycles. The van der Waals surface area contributed by atoms with Crippen LogP contribution >= 0.6 is 0 Å². The number of unbranched alkanes of at least 4 members (excludes halogenated alkanes) is 1. The molecule has 6 nitrogen and oxygen atoms in total. The van der Waals surface area contributed by atoms with Gasteiger partial charge in [0.1, 0.15) is 0 Å². The van der Waals surface area contributed by atoms with E-state index in [2.05, 4.69) is 0 Å². The highest BCUT2D eigenvalue weighted by atomic mass is 16.4. The molecule has 0 aromatic rings. The predicted octanol–water partition coefficient (Wildman–Crippen LogP) is 1.43. The van der Waals surface area contributed by atoms with Crippen molar-refractivity contribution in [3.63, 3.8) is 0 Å². The molecule has 118 valence electrons. The zero-order chi connectivity index (χ0) is 15.4. The lowest BCUT2D eigenvalue weighted by molar-refractivity contribution is -0.139. The number of rotatable bonds is 7. The summed E-state index contributed by atoms with van der Waals surface area (Å²) in [5.41, 5.74) is 11.1. The Labute approximate surface area is 120 Å². The molecule has 1 rings (SSSR count). The minimum atomic E-state index is -0.870. The van der Waals surface area contributed by atoms with Gasteiger partial charge in [0.05, 0.1) is 0 Å². The Morgan fingerprint density at radius 3 is 1.30 bits per heavy atom. The third-order valence-electron chi connectivity index (χ3n) is 3.66. The third kappa shape index (κ3) is 10.8. The van der Waals surface area contributed by atoms with Crippen molar-refractivity contribution < 1.29 is 19.8 Å². The zero-order valence-corrected chi connectivity index (χ0v) is 12.1. The first kappa shape index (κ1) is 18.9. The second-order valence-corrected chi connectivity index (χ2v) is 5.35. The van der Waals surface area contributed by atoms with Gasteiger partial charge in [-0.3, -0.25) is 9.59 Å². The largest absolute Gasteiger partial charge is 0.481 e. The summed E-state index contributed by atoms with van der Waals surface area (Å²) in [7, 11) is 0. The van der Waals surface area contributed by atoms with Gasteiger partial charge in [0, 0.05) is 12.8 Å². The van der Waals surface area contributed by atoms with Crippen LogP contribution in [0.15, 0.2) is 0 Å². The molecule has 1 saturated carbocycles. The number of hydrogen-bond acceptors (Lipinski definition) is 4. The molecule has 0 unspecified atom stereocenters. The van der Waals surface area contributed by atoms with Crippen molar-refractivity contribution in [3.8, 4) is 0 Å². The molecule has 0 amide bonds. The van der Waals surface area contributed by atoms with Crippen molar-refractivity contribution in [1.29, 1.82) is 0 Å². The van der Waals surface area contributed by atoms with Gasteiger partial charge in [0.15, 0.2) is 0 Å². The molecule has 0 bridgehead atoms. The Balaban J connectivity index is 0.000000361. The molecular weight excluding hydrogens is 260 g/mol. The molecule has 1 aliphatic carbocycles. The first-order valence-corrected chi connectivity index (χ1v) is 7.33. The summed E-state index contributed by atoms with van der Waals surface area (Å²) < 4.78 is 0. The highest BCUT2D eigenvalue weighted by Gasteiger charge is 2.18. The van der Waals surface area contributed by atoms with Crippen molar-refractivity contribution in [2.45, 2.75) is 51.4 Å². The fourth-order valence-corrected chi connectivity index (χ4v) is 2.26. The van der Waals surface area contributed by atoms with Crippen LogP contribution in [0.3, 0.4) is 0 Å². The highest BCUT2D eigenvalue weighted by Crippen LogP contribution is 2.26. The van der Waals surface area contributed by atoms with Gasteiger partial charge in [-0.25, -0.2) is 0 Å². The van der Waals surface area contributed by atoms with Crippen molar-refractivity contribution in [2.75, 3.05) is 13.1 Å².